The topological polar surface area (TPSA) is 41.1 Å². The van der Waals surface area contributed by atoms with Gasteiger partial charge in [0.05, 0.1) is 11.7 Å². The summed E-state index contributed by atoms with van der Waals surface area (Å²) in [6.45, 7) is 3.38. The van der Waals surface area contributed by atoms with E-state index in [4.69, 9.17) is 0 Å². The maximum Gasteiger partial charge on any atom is 0.221 e. The van der Waals surface area contributed by atoms with E-state index in [9.17, 15) is 9.18 Å². The highest BCUT2D eigenvalue weighted by Gasteiger charge is 2.10. The molecule has 2 rings (SSSR count). The van der Waals surface area contributed by atoms with Crippen molar-refractivity contribution in [3.05, 3.63) is 44.8 Å². The summed E-state index contributed by atoms with van der Waals surface area (Å²) < 4.78 is 14.6. The molecule has 0 fully saturated rings. The number of benzene rings is 1. The second-order valence-corrected chi connectivity index (χ2v) is 6.27. The van der Waals surface area contributed by atoms with Crippen LogP contribution in [0.5, 0.6) is 0 Å². The molecule has 106 valence electrons. The highest BCUT2D eigenvalue weighted by Crippen LogP contribution is 2.29. The lowest BCUT2D eigenvalue weighted by Gasteiger charge is -2.15. The van der Waals surface area contributed by atoms with Crippen LogP contribution in [0.25, 0.3) is 0 Å². The molecule has 2 aromatic rings. The number of rotatable bonds is 4. The summed E-state index contributed by atoms with van der Waals surface area (Å²) in [7, 11) is 0. The van der Waals surface area contributed by atoms with Crippen LogP contribution in [0, 0.1) is 5.82 Å². The Labute approximate surface area is 129 Å². The molecule has 0 bridgehead atoms. The Morgan fingerprint density at radius 1 is 1.40 bits per heavy atom. The van der Waals surface area contributed by atoms with Crippen LogP contribution in [-0.4, -0.2) is 5.91 Å². The van der Waals surface area contributed by atoms with Gasteiger partial charge in [0.1, 0.15) is 5.82 Å². The van der Waals surface area contributed by atoms with Crippen molar-refractivity contribution in [2.45, 2.75) is 19.9 Å². The summed E-state index contributed by atoms with van der Waals surface area (Å²) in [5, 5.41) is 7.77. The molecular weight excluding hydrogens is 343 g/mol. The first-order valence-electron chi connectivity index (χ1n) is 6.03. The molecule has 0 aliphatic rings. The molecule has 1 atom stereocenters. The number of halogens is 2. The number of hydrogen-bond donors (Lipinski definition) is 2. The van der Waals surface area contributed by atoms with Crippen LogP contribution in [0.4, 0.5) is 15.8 Å². The fraction of sp³-hybridized carbons (Fsp3) is 0.214. The van der Waals surface area contributed by atoms with Crippen molar-refractivity contribution in [2.75, 3.05) is 10.6 Å². The standard InChI is InChI=1S/C14H14BrFN2OS/c1-8(14-5-10(15)7-20-14)17-11-3-4-12(16)13(6-11)18-9(2)19/h3-8,17H,1-2H3,(H,18,19). The fourth-order valence-electron chi connectivity index (χ4n) is 1.78. The van der Waals surface area contributed by atoms with Gasteiger partial charge in [0.2, 0.25) is 5.91 Å². The normalized spacial score (nSPS) is 12.0. The Morgan fingerprint density at radius 2 is 2.15 bits per heavy atom. The first kappa shape index (κ1) is 15.0. The van der Waals surface area contributed by atoms with Gasteiger partial charge in [0.15, 0.2) is 0 Å². The molecule has 20 heavy (non-hydrogen) atoms. The van der Waals surface area contributed by atoms with E-state index in [0.29, 0.717) is 0 Å². The first-order chi connectivity index (χ1) is 9.45. The third-order valence-corrected chi connectivity index (χ3v) is 4.55. The van der Waals surface area contributed by atoms with Gasteiger partial charge in [-0.3, -0.25) is 4.79 Å². The molecule has 2 N–H and O–H groups in total. The van der Waals surface area contributed by atoms with Gasteiger partial charge in [0.25, 0.3) is 0 Å². The van der Waals surface area contributed by atoms with Crippen LogP contribution in [-0.2, 0) is 4.79 Å². The zero-order chi connectivity index (χ0) is 14.7. The molecule has 1 heterocycles. The van der Waals surface area contributed by atoms with E-state index in [-0.39, 0.29) is 17.6 Å². The number of amides is 1. The van der Waals surface area contributed by atoms with Gasteiger partial charge < -0.3 is 10.6 Å². The SMILES string of the molecule is CC(=O)Nc1cc(NC(C)c2cc(Br)cs2)ccc1F. The highest BCUT2D eigenvalue weighted by atomic mass is 79.9. The van der Waals surface area contributed by atoms with Crippen molar-refractivity contribution in [1.82, 2.24) is 0 Å². The second kappa shape index (κ2) is 6.37. The van der Waals surface area contributed by atoms with E-state index in [1.807, 2.05) is 18.4 Å². The number of carbonyl (C=O) groups is 1. The Morgan fingerprint density at radius 3 is 2.75 bits per heavy atom. The van der Waals surface area contributed by atoms with Crippen molar-refractivity contribution in [3.8, 4) is 0 Å². The number of thiophene rings is 1. The lowest BCUT2D eigenvalue weighted by atomic mass is 10.2. The smallest absolute Gasteiger partial charge is 0.221 e. The Kier molecular flexibility index (Phi) is 4.77. The van der Waals surface area contributed by atoms with Crippen molar-refractivity contribution in [2.24, 2.45) is 0 Å². The van der Waals surface area contributed by atoms with E-state index in [1.54, 1.807) is 23.5 Å². The largest absolute Gasteiger partial charge is 0.378 e. The summed E-state index contributed by atoms with van der Waals surface area (Å²) in [5.41, 5.74) is 0.939. The zero-order valence-corrected chi connectivity index (χ0v) is 13.4. The third-order valence-electron chi connectivity index (χ3n) is 2.67. The van der Waals surface area contributed by atoms with E-state index >= 15 is 0 Å². The number of nitrogens with one attached hydrogen (secondary N) is 2. The maximum absolute atomic E-state index is 13.5. The Balaban J connectivity index is 2.15. The molecule has 0 aliphatic heterocycles. The number of anilines is 2. The first-order valence-corrected chi connectivity index (χ1v) is 7.70. The average molecular weight is 357 g/mol. The quantitative estimate of drug-likeness (QED) is 0.827. The molecule has 1 unspecified atom stereocenters. The number of carbonyl (C=O) groups excluding carboxylic acids is 1. The van der Waals surface area contributed by atoms with Crippen molar-refractivity contribution >= 4 is 44.5 Å². The molecule has 0 saturated carbocycles. The summed E-state index contributed by atoms with van der Waals surface area (Å²) in [5.74, 6) is -0.742. The minimum absolute atomic E-state index is 0.0990. The Bertz CT molecular complexity index is 629. The van der Waals surface area contributed by atoms with Crippen LogP contribution < -0.4 is 10.6 Å². The molecule has 1 aromatic carbocycles. The second-order valence-electron chi connectivity index (χ2n) is 4.41. The minimum Gasteiger partial charge on any atom is -0.378 e. The predicted molar refractivity (Wildman–Crippen MR) is 84.8 cm³/mol. The van der Waals surface area contributed by atoms with Gasteiger partial charge in [-0.1, -0.05) is 0 Å². The predicted octanol–water partition coefficient (Wildman–Crippen LogP) is 4.78. The zero-order valence-electron chi connectivity index (χ0n) is 11.0. The molecule has 0 radical (unpaired) electrons. The molecule has 6 heteroatoms. The van der Waals surface area contributed by atoms with E-state index in [0.717, 1.165) is 10.2 Å². The third kappa shape index (κ3) is 3.80. The fourth-order valence-corrected chi connectivity index (χ4v) is 3.23. The van der Waals surface area contributed by atoms with Gasteiger partial charge in [-0.05, 0) is 47.1 Å². The minimum atomic E-state index is -0.447. The van der Waals surface area contributed by atoms with E-state index in [1.165, 1.54) is 17.9 Å². The molecule has 1 amide bonds. The summed E-state index contributed by atoms with van der Waals surface area (Å²) in [4.78, 5) is 12.2. The maximum atomic E-state index is 13.5. The van der Waals surface area contributed by atoms with Crippen LogP contribution in [0.1, 0.15) is 24.8 Å². The lowest BCUT2D eigenvalue weighted by Crippen LogP contribution is -2.09. The summed E-state index contributed by atoms with van der Waals surface area (Å²) >= 11 is 5.06. The van der Waals surface area contributed by atoms with Crippen LogP contribution in [0.2, 0.25) is 0 Å². The monoisotopic (exact) mass is 356 g/mol. The highest BCUT2D eigenvalue weighted by molar-refractivity contribution is 9.10. The molecule has 0 spiro atoms. The van der Waals surface area contributed by atoms with Gasteiger partial charge in [0, 0.05) is 27.3 Å². The summed E-state index contributed by atoms with van der Waals surface area (Å²) in [6, 6.07) is 6.72. The average Bonchev–Trinajstić information content (AvgIpc) is 2.79. The van der Waals surface area contributed by atoms with Crippen molar-refractivity contribution < 1.29 is 9.18 Å². The number of hydrogen-bond acceptors (Lipinski definition) is 3. The van der Waals surface area contributed by atoms with Gasteiger partial charge in [-0.2, -0.15) is 0 Å². The van der Waals surface area contributed by atoms with Crippen molar-refractivity contribution in [3.63, 3.8) is 0 Å². The molecular formula is C14H14BrFN2OS. The lowest BCUT2D eigenvalue weighted by molar-refractivity contribution is -0.114. The molecule has 0 saturated heterocycles. The molecule has 1 aromatic heterocycles. The van der Waals surface area contributed by atoms with E-state index in [2.05, 4.69) is 26.6 Å². The van der Waals surface area contributed by atoms with Crippen LogP contribution >= 0.6 is 27.3 Å². The van der Waals surface area contributed by atoms with E-state index < -0.39 is 5.82 Å². The van der Waals surface area contributed by atoms with Gasteiger partial charge >= 0.3 is 0 Å². The van der Waals surface area contributed by atoms with Crippen LogP contribution in [0.15, 0.2) is 34.1 Å². The molecule has 0 aliphatic carbocycles. The van der Waals surface area contributed by atoms with Crippen molar-refractivity contribution in [1.29, 1.82) is 0 Å². The van der Waals surface area contributed by atoms with Crippen LogP contribution in [0.3, 0.4) is 0 Å². The molecule has 3 nitrogen and oxygen atoms in total. The van der Waals surface area contributed by atoms with Gasteiger partial charge in [-0.25, -0.2) is 4.39 Å². The van der Waals surface area contributed by atoms with Gasteiger partial charge in [-0.15, -0.1) is 11.3 Å². The Hall–Kier alpha value is -1.40. The summed E-state index contributed by atoms with van der Waals surface area (Å²) in [6.07, 6.45) is 0.